The van der Waals surface area contributed by atoms with Crippen LogP contribution < -0.4 is 18.9 Å². The molecule has 1 atom stereocenters. The summed E-state index contributed by atoms with van der Waals surface area (Å²) >= 11 is 6.35. The van der Waals surface area contributed by atoms with Gasteiger partial charge in [0.1, 0.15) is 11.5 Å². The second-order valence-corrected chi connectivity index (χ2v) is 7.98. The van der Waals surface area contributed by atoms with Gasteiger partial charge in [0.05, 0.1) is 50.8 Å². The minimum atomic E-state index is -0.384. The van der Waals surface area contributed by atoms with Gasteiger partial charge in [-0.2, -0.15) is 5.10 Å². The third kappa shape index (κ3) is 4.39. The number of halogens is 1. The molecule has 7 nitrogen and oxygen atoms in total. The van der Waals surface area contributed by atoms with E-state index in [0.29, 0.717) is 45.7 Å². The molecule has 0 bridgehead atoms. The number of hydrazone groups is 1. The molecule has 1 aliphatic heterocycles. The number of hydrogen-bond donors (Lipinski definition) is 0. The van der Waals surface area contributed by atoms with Crippen molar-refractivity contribution >= 4 is 23.2 Å². The average Bonchev–Trinajstić information content (AvgIpc) is 3.33. The number of ether oxygens (including phenoxy) is 4. The van der Waals surface area contributed by atoms with Crippen molar-refractivity contribution in [3.63, 3.8) is 0 Å². The molecule has 1 amide bonds. The minimum Gasteiger partial charge on any atom is -0.497 e. The number of benzene rings is 3. The Morgan fingerprint density at radius 2 is 1.62 bits per heavy atom. The lowest BCUT2D eigenvalue weighted by molar-refractivity contribution is 0.0711. The molecular formula is C26H25ClN2O5. The molecule has 34 heavy (non-hydrogen) atoms. The molecule has 0 spiro atoms. The highest BCUT2D eigenvalue weighted by molar-refractivity contribution is 6.33. The maximum atomic E-state index is 13.6. The Morgan fingerprint density at radius 1 is 0.882 bits per heavy atom. The van der Waals surface area contributed by atoms with E-state index in [2.05, 4.69) is 0 Å². The smallest absolute Gasteiger partial charge is 0.276 e. The van der Waals surface area contributed by atoms with E-state index in [1.54, 1.807) is 58.8 Å². The van der Waals surface area contributed by atoms with Gasteiger partial charge in [-0.3, -0.25) is 4.79 Å². The number of carbonyl (C=O) groups excluding carboxylic acids is 1. The quantitative estimate of drug-likeness (QED) is 0.455. The van der Waals surface area contributed by atoms with E-state index in [0.717, 1.165) is 11.1 Å². The molecule has 0 aliphatic carbocycles. The summed E-state index contributed by atoms with van der Waals surface area (Å²) in [4.78, 5) is 13.6. The molecule has 3 aromatic rings. The number of carbonyl (C=O) groups is 1. The Kier molecular flexibility index (Phi) is 6.93. The lowest BCUT2D eigenvalue weighted by Crippen LogP contribution is -2.27. The van der Waals surface area contributed by atoms with Crippen molar-refractivity contribution < 1.29 is 23.7 Å². The van der Waals surface area contributed by atoms with Crippen LogP contribution in [0.3, 0.4) is 0 Å². The summed E-state index contributed by atoms with van der Waals surface area (Å²) in [6.45, 7) is 0. The van der Waals surface area contributed by atoms with Gasteiger partial charge in [-0.25, -0.2) is 5.01 Å². The standard InChI is InChI=1S/C26H25ClN2O5/c1-31-17-10-11-19(24(14-17)33-3)21-15-22(16-9-12-23(32-2)25(13-16)34-4)29(28-21)26(30)18-7-5-6-8-20(18)27/h5-14,22H,15H2,1-4H3/t22-/m1/s1. The zero-order valence-electron chi connectivity index (χ0n) is 19.4. The first kappa shape index (κ1) is 23.4. The van der Waals surface area contributed by atoms with E-state index in [1.807, 2.05) is 30.3 Å². The van der Waals surface area contributed by atoms with Crippen LogP contribution in [0.1, 0.15) is 33.9 Å². The number of methoxy groups -OCH3 is 4. The van der Waals surface area contributed by atoms with E-state index in [-0.39, 0.29) is 11.9 Å². The van der Waals surface area contributed by atoms with Gasteiger partial charge < -0.3 is 18.9 Å². The Labute approximate surface area is 203 Å². The molecule has 0 unspecified atom stereocenters. The third-order valence-corrected chi connectivity index (χ3v) is 6.06. The Bertz CT molecular complexity index is 1240. The van der Waals surface area contributed by atoms with Crippen LogP contribution >= 0.6 is 11.6 Å². The minimum absolute atomic E-state index is 0.298. The van der Waals surface area contributed by atoms with E-state index in [9.17, 15) is 4.79 Å². The van der Waals surface area contributed by atoms with Gasteiger partial charge in [0.25, 0.3) is 5.91 Å². The largest absolute Gasteiger partial charge is 0.497 e. The van der Waals surface area contributed by atoms with Crippen molar-refractivity contribution in [3.05, 3.63) is 82.4 Å². The van der Waals surface area contributed by atoms with Gasteiger partial charge in [0.2, 0.25) is 0 Å². The summed E-state index contributed by atoms with van der Waals surface area (Å²) in [5.74, 6) is 2.15. The monoisotopic (exact) mass is 480 g/mol. The fourth-order valence-corrected chi connectivity index (χ4v) is 4.19. The Balaban J connectivity index is 1.80. The molecule has 0 radical (unpaired) electrons. The summed E-state index contributed by atoms with van der Waals surface area (Å²) in [5.41, 5.74) is 2.72. The van der Waals surface area contributed by atoms with Crippen molar-refractivity contribution in [3.8, 4) is 23.0 Å². The molecule has 1 heterocycles. The summed E-state index contributed by atoms with van der Waals surface area (Å²) in [7, 11) is 6.34. The molecule has 1 aliphatic rings. The predicted octanol–water partition coefficient (Wildman–Crippen LogP) is 5.37. The summed E-state index contributed by atoms with van der Waals surface area (Å²) in [6.07, 6.45) is 0.467. The zero-order valence-corrected chi connectivity index (χ0v) is 20.1. The summed E-state index contributed by atoms with van der Waals surface area (Å²) in [5, 5.41) is 6.58. The van der Waals surface area contributed by atoms with Crippen molar-refractivity contribution in [1.29, 1.82) is 0 Å². The molecule has 0 aromatic heterocycles. The topological polar surface area (TPSA) is 69.6 Å². The van der Waals surface area contributed by atoms with Gasteiger partial charge in [-0.05, 0) is 42.0 Å². The second kappa shape index (κ2) is 10.1. The van der Waals surface area contributed by atoms with Crippen LogP contribution in [0.4, 0.5) is 0 Å². The third-order valence-electron chi connectivity index (χ3n) is 5.73. The maximum Gasteiger partial charge on any atom is 0.276 e. The first-order valence-electron chi connectivity index (χ1n) is 10.6. The van der Waals surface area contributed by atoms with Gasteiger partial charge in [-0.1, -0.05) is 29.8 Å². The Morgan fingerprint density at radius 3 is 2.29 bits per heavy atom. The molecule has 0 N–H and O–H groups in total. The normalized spacial score (nSPS) is 15.0. The van der Waals surface area contributed by atoms with Crippen LogP contribution in [0.2, 0.25) is 5.02 Å². The van der Waals surface area contributed by atoms with E-state index >= 15 is 0 Å². The lowest BCUT2D eigenvalue weighted by atomic mass is 9.97. The highest BCUT2D eigenvalue weighted by atomic mass is 35.5. The lowest BCUT2D eigenvalue weighted by Gasteiger charge is -2.23. The Hall–Kier alpha value is -3.71. The van der Waals surface area contributed by atoms with Crippen molar-refractivity contribution in [1.82, 2.24) is 5.01 Å². The fraction of sp³-hybridized carbons (Fsp3) is 0.231. The van der Waals surface area contributed by atoms with Crippen LogP contribution in [0.25, 0.3) is 0 Å². The van der Waals surface area contributed by atoms with E-state index in [4.69, 9.17) is 35.6 Å². The molecule has 0 saturated carbocycles. The van der Waals surface area contributed by atoms with Crippen LogP contribution in [-0.4, -0.2) is 45.1 Å². The number of nitrogens with zero attached hydrogens (tertiary/aromatic N) is 2. The van der Waals surface area contributed by atoms with Crippen molar-refractivity contribution in [2.45, 2.75) is 12.5 Å². The summed E-state index contributed by atoms with van der Waals surface area (Å²) < 4.78 is 21.8. The molecule has 0 fully saturated rings. The zero-order chi connectivity index (χ0) is 24.2. The van der Waals surface area contributed by atoms with Gasteiger partial charge in [-0.15, -0.1) is 0 Å². The SMILES string of the molecule is COc1ccc(C2=NN(C(=O)c3ccccc3Cl)[C@@H](c3ccc(OC)c(OC)c3)C2)c(OC)c1. The van der Waals surface area contributed by atoms with Gasteiger partial charge in [0, 0.05) is 18.1 Å². The first-order chi connectivity index (χ1) is 16.5. The second-order valence-electron chi connectivity index (χ2n) is 7.58. The van der Waals surface area contributed by atoms with Crippen LogP contribution in [0.5, 0.6) is 23.0 Å². The first-order valence-corrected chi connectivity index (χ1v) is 11.0. The van der Waals surface area contributed by atoms with E-state index in [1.165, 1.54) is 5.01 Å². The van der Waals surface area contributed by atoms with Crippen LogP contribution in [0.15, 0.2) is 65.8 Å². The van der Waals surface area contributed by atoms with Crippen molar-refractivity contribution in [2.75, 3.05) is 28.4 Å². The number of hydrogen-bond acceptors (Lipinski definition) is 6. The maximum absolute atomic E-state index is 13.6. The van der Waals surface area contributed by atoms with Gasteiger partial charge >= 0.3 is 0 Å². The molecule has 0 saturated heterocycles. The molecule has 4 rings (SSSR count). The molecule has 8 heteroatoms. The predicted molar refractivity (Wildman–Crippen MR) is 131 cm³/mol. The number of rotatable bonds is 7. The van der Waals surface area contributed by atoms with Crippen LogP contribution in [0, 0.1) is 0 Å². The molecule has 176 valence electrons. The van der Waals surface area contributed by atoms with E-state index < -0.39 is 0 Å². The number of amides is 1. The van der Waals surface area contributed by atoms with Crippen molar-refractivity contribution in [2.24, 2.45) is 5.10 Å². The summed E-state index contributed by atoms with van der Waals surface area (Å²) in [6, 6.07) is 17.7. The molecule has 3 aromatic carbocycles. The highest BCUT2D eigenvalue weighted by Gasteiger charge is 2.35. The fourth-order valence-electron chi connectivity index (χ4n) is 3.98. The average molecular weight is 481 g/mol. The molecular weight excluding hydrogens is 456 g/mol. The highest BCUT2D eigenvalue weighted by Crippen LogP contribution is 2.40. The van der Waals surface area contributed by atoms with Crippen LogP contribution in [-0.2, 0) is 0 Å². The van der Waals surface area contributed by atoms with Gasteiger partial charge in [0.15, 0.2) is 11.5 Å².